The lowest BCUT2D eigenvalue weighted by Crippen LogP contribution is -2.50. The van der Waals surface area contributed by atoms with Crippen LogP contribution in [0.25, 0.3) is 0 Å². The highest BCUT2D eigenvalue weighted by atomic mass is 16.4. The maximum Gasteiger partial charge on any atom is 0.325 e. The first-order chi connectivity index (χ1) is 7.94. The van der Waals surface area contributed by atoms with Crippen molar-refractivity contribution >= 4 is 17.9 Å². The van der Waals surface area contributed by atoms with E-state index in [-0.39, 0.29) is 0 Å². The lowest BCUT2D eigenvalue weighted by Gasteiger charge is -2.33. The topological polar surface area (TPSA) is 89.5 Å². The van der Waals surface area contributed by atoms with Gasteiger partial charge in [-0.1, -0.05) is 6.92 Å². The van der Waals surface area contributed by atoms with Gasteiger partial charge in [0.05, 0.1) is 12.5 Å². The first-order valence-electron chi connectivity index (χ1n) is 5.78. The van der Waals surface area contributed by atoms with Crippen LogP contribution < -0.4 is 10.4 Å². The number of aliphatic carboxylic acids is 1. The van der Waals surface area contributed by atoms with Crippen LogP contribution in [0.15, 0.2) is 0 Å². The first-order valence-corrected chi connectivity index (χ1v) is 5.78. The molecule has 0 atom stereocenters. The maximum atomic E-state index is 12.1. The largest absolute Gasteiger partial charge is 0.548 e. The van der Waals surface area contributed by atoms with Gasteiger partial charge in [0.2, 0.25) is 0 Å². The van der Waals surface area contributed by atoms with Gasteiger partial charge in [0.15, 0.2) is 0 Å². The van der Waals surface area contributed by atoms with Crippen molar-refractivity contribution in [3.05, 3.63) is 0 Å². The molecule has 0 radical (unpaired) electrons. The third-order valence-corrected chi connectivity index (χ3v) is 3.66. The quantitative estimate of drug-likeness (QED) is 0.641. The second-order valence-corrected chi connectivity index (χ2v) is 4.96. The van der Waals surface area contributed by atoms with Crippen molar-refractivity contribution in [1.29, 1.82) is 0 Å². The third kappa shape index (κ3) is 1.99. The number of nitrogens with one attached hydrogen (secondary N) is 1. The van der Waals surface area contributed by atoms with Crippen LogP contribution in [0.5, 0.6) is 0 Å². The summed E-state index contributed by atoms with van der Waals surface area (Å²) in [6.07, 6.45) is 2.90. The number of imide groups is 1. The number of carbonyl (C=O) groups excluding carboxylic acids is 3. The van der Waals surface area contributed by atoms with Crippen LogP contribution in [0, 0.1) is 5.92 Å². The molecular weight excluding hydrogens is 224 g/mol. The fourth-order valence-electron chi connectivity index (χ4n) is 2.54. The minimum Gasteiger partial charge on any atom is -0.548 e. The van der Waals surface area contributed by atoms with E-state index < -0.39 is 30.0 Å². The minimum absolute atomic E-state index is 0.418. The molecule has 2 fully saturated rings. The molecule has 1 aliphatic carbocycles. The number of amides is 3. The smallest absolute Gasteiger partial charge is 0.325 e. The van der Waals surface area contributed by atoms with Gasteiger partial charge >= 0.3 is 6.03 Å². The number of hydrogen-bond donors (Lipinski definition) is 1. The molecule has 2 aliphatic rings. The van der Waals surface area contributed by atoms with Gasteiger partial charge in [-0.3, -0.25) is 9.69 Å². The average Bonchev–Trinajstić information content (AvgIpc) is 2.48. The molecule has 1 saturated carbocycles. The molecule has 6 nitrogen and oxygen atoms in total. The van der Waals surface area contributed by atoms with E-state index in [9.17, 15) is 19.5 Å². The molecule has 1 N–H and O–H groups in total. The number of carboxylic acids is 1. The normalized spacial score (nSPS) is 33.0. The zero-order chi connectivity index (χ0) is 12.6. The molecule has 1 heterocycles. The molecule has 1 aliphatic heterocycles. The first kappa shape index (κ1) is 11.9. The Kier molecular flexibility index (Phi) is 2.81. The number of nitrogens with zero attached hydrogens (tertiary/aromatic N) is 1. The number of hydrogen-bond acceptors (Lipinski definition) is 4. The molecule has 2 rings (SSSR count). The zero-order valence-corrected chi connectivity index (χ0v) is 9.69. The second-order valence-electron chi connectivity index (χ2n) is 4.96. The predicted molar refractivity (Wildman–Crippen MR) is 55.6 cm³/mol. The summed E-state index contributed by atoms with van der Waals surface area (Å²) >= 11 is 0. The van der Waals surface area contributed by atoms with E-state index in [4.69, 9.17) is 0 Å². The van der Waals surface area contributed by atoms with Crippen LogP contribution in [0.4, 0.5) is 4.79 Å². The van der Waals surface area contributed by atoms with Gasteiger partial charge in [-0.2, -0.15) is 0 Å². The monoisotopic (exact) mass is 239 g/mol. The van der Waals surface area contributed by atoms with Crippen molar-refractivity contribution in [1.82, 2.24) is 10.2 Å². The van der Waals surface area contributed by atoms with Crippen molar-refractivity contribution in [3.63, 3.8) is 0 Å². The molecular formula is C11H15N2O4-. The Balaban J connectivity index is 2.15. The van der Waals surface area contributed by atoms with Crippen LogP contribution in [-0.4, -0.2) is 34.9 Å². The standard InChI is InChI=1S/C11H16N2O4/c1-7-2-4-11(5-3-7)9(16)13(6-8(14)15)10(17)12-11/h7H,2-6H2,1H3,(H,12,17)(H,14,15)/p-1. The van der Waals surface area contributed by atoms with Crippen molar-refractivity contribution in [2.24, 2.45) is 5.92 Å². The van der Waals surface area contributed by atoms with Crippen LogP contribution in [0.3, 0.4) is 0 Å². The van der Waals surface area contributed by atoms with Crippen molar-refractivity contribution in [2.75, 3.05) is 6.54 Å². The molecule has 94 valence electrons. The Hall–Kier alpha value is -1.59. The SMILES string of the molecule is CC1CCC2(CC1)NC(=O)N(CC(=O)[O-])C2=O. The molecule has 6 heteroatoms. The molecule has 17 heavy (non-hydrogen) atoms. The van der Waals surface area contributed by atoms with Gasteiger partial charge in [0.1, 0.15) is 5.54 Å². The summed E-state index contributed by atoms with van der Waals surface area (Å²) in [7, 11) is 0. The van der Waals surface area contributed by atoms with E-state index in [1.54, 1.807) is 0 Å². The second kappa shape index (κ2) is 4.01. The predicted octanol–water partition coefficient (Wildman–Crippen LogP) is -0.763. The van der Waals surface area contributed by atoms with Gasteiger partial charge < -0.3 is 15.2 Å². The Morgan fingerprint density at radius 1 is 1.47 bits per heavy atom. The number of carbonyl (C=O) groups is 3. The molecule has 3 amide bonds. The molecule has 1 spiro atoms. The summed E-state index contributed by atoms with van der Waals surface area (Å²) in [4.78, 5) is 34.9. The Labute approximate surface area is 99.0 Å². The molecule has 0 bridgehead atoms. The molecule has 0 aromatic carbocycles. The van der Waals surface area contributed by atoms with E-state index in [1.165, 1.54) is 0 Å². The van der Waals surface area contributed by atoms with Gasteiger partial charge in [-0.25, -0.2) is 4.79 Å². The Morgan fingerprint density at radius 3 is 2.59 bits per heavy atom. The summed E-state index contributed by atoms with van der Waals surface area (Å²) in [5.74, 6) is -1.30. The summed E-state index contributed by atoms with van der Waals surface area (Å²) in [5, 5.41) is 13.1. The maximum absolute atomic E-state index is 12.1. The van der Waals surface area contributed by atoms with Gasteiger partial charge in [0, 0.05) is 0 Å². The lowest BCUT2D eigenvalue weighted by molar-refractivity contribution is -0.305. The highest BCUT2D eigenvalue weighted by Gasteiger charge is 2.51. The minimum atomic E-state index is -1.42. The number of carboxylic acid groups (broad SMARTS) is 1. The van der Waals surface area contributed by atoms with E-state index in [0.29, 0.717) is 18.8 Å². The zero-order valence-electron chi connectivity index (χ0n) is 9.69. The fraction of sp³-hybridized carbons (Fsp3) is 0.727. The molecule has 1 saturated heterocycles. The van der Waals surface area contributed by atoms with Gasteiger partial charge in [0.25, 0.3) is 5.91 Å². The van der Waals surface area contributed by atoms with Crippen molar-refractivity contribution in [3.8, 4) is 0 Å². The van der Waals surface area contributed by atoms with E-state index >= 15 is 0 Å². The van der Waals surface area contributed by atoms with Gasteiger partial charge in [-0.05, 0) is 31.6 Å². The lowest BCUT2D eigenvalue weighted by atomic mass is 9.77. The highest BCUT2D eigenvalue weighted by Crippen LogP contribution is 2.36. The summed E-state index contributed by atoms with van der Waals surface area (Å²) in [6.45, 7) is 1.44. The fourth-order valence-corrected chi connectivity index (χ4v) is 2.54. The number of rotatable bonds is 2. The summed E-state index contributed by atoms with van der Waals surface area (Å²) in [5.41, 5.74) is -0.862. The Morgan fingerprint density at radius 2 is 2.06 bits per heavy atom. The number of urea groups is 1. The van der Waals surface area contributed by atoms with Crippen LogP contribution >= 0.6 is 0 Å². The third-order valence-electron chi connectivity index (χ3n) is 3.66. The highest BCUT2D eigenvalue weighted by molar-refractivity contribution is 6.08. The summed E-state index contributed by atoms with van der Waals surface area (Å²) in [6, 6.07) is -0.617. The average molecular weight is 239 g/mol. The summed E-state index contributed by atoms with van der Waals surface area (Å²) < 4.78 is 0. The van der Waals surface area contributed by atoms with Crippen LogP contribution in [-0.2, 0) is 9.59 Å². The molecule has 0 aromatic heterocycles. The van der Waals surface area contributed by atoms with E-state index in [1.807, 2.05) is 0 Å². The van der Waals surface area contributed by atoms with E-state index in [2.05, 4.69) is 12.2 Å². The molecule has 0 unspecified atom stereocenters. The Bertz CT molecular complexity index is 372. The van der Waals surface area contributed by atoms with E-state index in [0.717, 1.165) is 17.7 Å². The van der Waals surface area contributed by atoms with Crippen LogP contribution in [0.1, 0.15) is 32.6 Å². The van der Waals surface area contributed by atoms with Crippen LogP contribution in [0.2, 0.25) is 0 Å². The van der Waals surface area contributed by atoms with Crippen molar-refractivity contribution < 1.29 is 19.5 Å². The molecule has 0 aromatic rings. The van der Waals surface area contributed by atoms with Crippen molar-refractivity contribution in [2.45, 2.75) is 38.1 Å². The van der Waals surface area contributed by atoms with Gasteiger partial charge in [-0.15, -0.1) is 0 Å².